The lowest BCUT2D eigenvalue weighted by molar-refractivity contribution is 0.0714. The highest BCUT2D eigenvalue weighted by Crippen LogP contribution is 2.26. The first kappa shape index (κ1) is 22.5. The topological polar surface area (TPSA) is 92.9 Å². The smallest absolute Gasteiger partial charge is 0.270 e. The van der Waals surface area contributed by atoms with E-state index in [1.165, 1.54) is 0 Å². The number of carbonyl (C=O) groups is 1. The minimum absolute atomic E-state index is 0.228. The van der Waals surface area contributed by atoms with Crippen LogP contribution in [0.1, 0.15) is 47.3 Å². The second kappa shape index (κ2) is 9.52. The van der Waals surface area contributed by atoms with Crippen molar-refractivity contribution in [3.8, 4) is 11.3 Å². The summed E-state index contributed by atoms with van der Waals surface area (Å²) in [6.45, 7) is 0. The van der Waals surface area contributed by atoms with Crippen LogP contribution >= 0.6 is 11.6 Å². The van der Waals surface area contributed by atoms with Gasteiger partial charge in [0, 0.05) is 24.8 Å². The number of hydrogen-bond acceptors (Lipinski definition) is 5. The summed E-state index contributed by atoms with van der Waals surface area (Å²) in [5.74, 6) is -0.252. The zero-order valence-corrected chi connectivity index (χ0v) is 19.7. The number of aliphatic hydroxyl groups is 1. The number of aromatic nitrogens is 4. The predicted octanol–water partition coefficient (Wildman–Crippen LogP) is 4.31. The third kappa shape index (κ3) is 4.67. The quantitative estimate of drug-likeness (QED) is 0.448. The maximum absolute atomic E-state index is 13.0. The Hall–Kier alpha value is -3.29. The van der Waals surface area contributed by atoms with E-state index in [2.05, 4.69) is 20.4 Å². The molecule has 1 saturated carbocycles. The maximum atomic E-state index is 13.0. The molecule has 1 aliphatic rings. The van der Waals surface area contributed by atoms with Crippen LogP contribution < -0.4 is 5.32 Å². The second-order valence-corrected chi connectivity index (χ2v) is 9.21. The van der Waals surface area contributed by atoms with Crippen LogP contribution in [0, 0.1) is 0 Å². The third-order valence-electron chi connectivity index (χ3n) is 6.36. The van der Waals surface area contributed by atoms with Crippen molar-refractivity contribution in [3.63, 3.8) is 0 Å². The number of nitrogens with one attached hydrogen (secondary N) is 1. The van der Waals surface area contributed by atoms with Crippen molar-refractivity contribution in [2.45, 2.75) is 44.2 Å². The monoisotopic (exact) mass is 475 g/mol. The fourth-order valence-corrected chi connectivity index (χ4v) is 4.84. The molecule has 1 aliphatic carbocycles. The predicted molar refractivity (Wildman–Crippen MR) is 132 cm³/mol. The van der Waals surface area contributed by atoms with Crippen LogP contribution in [0.3, 0.4) is 0 Å². The van der Waals surface area contributed by atoms with Crippen molar-refractivity contribution < 1.29 is 9.90 Å². The van der Waals surface area contributed by atoms with E-state index >= 15 is 0 Å². The molecular formula is C26H26ClN5O2. The number of aliphatic hydroxyl groups excluding tert-OH is 1. The molecule has 0 radical (unpaired) electrons. The van der Waals surface area contributed by atoms with E-state index in [-0.39, 0.29) is 11.9 Å². The molecule has 2 N–H and O–H groups in total. The number of carbonyl (C=O) groups excluding carboxylic acids is 1. The zero-order chi connectivity index (χ0) is 23.7. The largest absolute Gasteiger partial charge is 0.391 e. The fourth-order valence-electron chi connectivity index (χ4n) is 4.57. The van der Waals surface area contributed by atoms with Crippen LogP contribution in [0.2, 0.25) is 5.15 Å². The molecule has 5 rings (SSSR count). The summed E-state index contributed by atoms with van der Waals surface area (Å²) in [6, 6.07) is 13.4. The molecule has 174 valence electrons. The van der Waals surface area contributed by atoms with Gasteiger partial charge >= 0.3 is 0 Å². The molecular weight excluding hydrogens is 450 g/mol. The van der Waals surface area contributed by atoms with Crippen molar-refractivity contribution in [3.05, 3.63) is 76.8 Å². The number of rotatable bonds is 5. The van der Waals surface area contributed by atoms with Crippen LogP contribution in [0.25, 0.3) is 22.2 Å². The lowest BCUT2D eigenvalue weighted by atomic mass is 9.92. The normalized spacial score (nSPS) is 18.2. The van der Waals surface area contributed by atoms with Gasteiger partial charge in [-0.15, -0.1) is 0 Å². The molecule has 0 unspecified atom stereocenters. The molecule has 0 bridgehead atoms. The van der Waals surface area contributed by atoms with E-state index in [4.69, 9.17) is 11.6 Å². The van der Waals surface area contributed by atoms with Crippen LogP contribution in [0.5, 0.6) is 0 Å². The number of benzene rings is 1. The standard InChI is InChI=1S/C26H26ClN5O2/c1-32-15-19(25(27)31-32)20-11-10-16(14-28-20)12-17-13-23(29-21-7-3-2-6-18(17)21)26(34)30-22-8-4-5-9-24(22)33/h2-3,6-7,10-11,13-15,22,24,33H,4-5,8-9,12H2,1H3,(H,30,34)/t22-,24-/m0/s1. The highest BCUT2D eigenvalue weighted by atomic mass is 35.5. The summed E-state index contributed by atoms with van der Waals surface area (Å²) in [5.41, 5.74) is 4.67. The summed E-state index contributed by atoms with van der Waals surface area (Å²) in [7, 11) is 1.82. The molecule has 7 nitrogen and oxygen atoms in total. The number of fused-ring (bicyclic) bond motifs is 1. The molecule has 3 aromatic heterocycles. The number of para-hydroxylation sites is 1. The third-order valence-corrected chi connectivity index (χ3v) is 6.64. The Morgan fingerprint density at radius 2 is 2.03 bits per heavy atom. The van der Waals surface area contributed by atoms with Crippen molar-refractivity contribution in [1.29, 1.82) is 0 Å². The highest BCUT2D eigenvalue weighted by molar-refractivity contribution is 6.32. The van der Waals surface area contributed by atoms with Crippen LogP contribution in [0.15, 0.2) is 54.9 Å². The number of aryl methyl sites for hydroxylation is 1. The Bertz CT molecular complexity index is 1340. The van der Waals surface area contributed by atoms with E-state index in [1.807, 2.05) is 61.9 Å². The number of amides is 1. The number of halogens is 1. The number of pyridine rings is 2. The summed E-state index contributed by atoms with van der Waals surface area (Å²) < 4.78 is 1.66. The molecule has 0 aliphatic heterocycles. The van der Waals surface area contributed by atoms with E-state index < -0.39 is 6.10 Å². The van der Waals surface area contributed by atoms with Crippen LogP contribution in [-0.2, 0) is 13.5 Å². The summed E-state index contributed by atoms with van der Waals surface area (Å²) >= 11 is 6.21. The molecule has 1 aromatic carbocycles. The molecule has 1 amide bonds. The SMILES string of the molecule is Cn1cc(-c2ccc(Cc3cc(C(=O)N[C@H]4CCCC[C@@H]4O)nc4ccccc34)cn2)c(Cl)n1. The van der Waals surface area contributed by atoms with Crippen molar-refractivity contribution in [1.82, 2.24) is 25.1 Å². The number of nitrogens with zero attached hydrogens (tertiary/aromatic N) is 4. The van der Waals surface area contributed by atoms with Gasteiger partial charge in [-0.2, -0.15) is 5.10 Å². The van der Waals surface area contributed by atoms with E-state index in [0.717, 1.165) is 52.5 Å². The molecule has 34 heavy (non-hydrogen) atoms. The summed E-state index contributed by atoms with van der Waals surface area (Å²) in [4.78, 5) is 22.2. The second-order valence-electron chi connectivity index (χ2n) is 8.85. The van der Waals surface area contributed by atoms with Gasteiger partial charge in [0.05, 0.1) is 28.9 Å². The molecule has 8 heteroatoms. The first-order valence-corrected chi connectivity index (χ1v) is 11.9. The van der Waals surface area contributed by atoms with Crippen molar-refractivity contribution in [2.75, 3.05) is 0 Å². The average Bonchev–Trinajstić information content (AvgIpc) is 3.18. The van der Waals surface area contributed by atoms with Crippen LogP contribution in [-0.4, -0.2) is 42.9 Å². The van der Waals surface area contributed by atoms with Gasteiger partial charge in [0.1, 0.15) is 5.69 Å². The van der Waals surface area contributed by atoms with Gasteiger partial charge in [0.15, 0.2) is 5.15 Å². The van der Waals surface area contributed by atoms with Crippen molar-refractivity contribution >= 4 is 28.4 Å². The van der Waals surface area contributed by atoms with Gasteiger partial charge in [-0.25, -0.2) is 4.98 Å². The van der Waals surface area contributed by atoms with E-state index in [1.54, 1.807) is 4.68 Å². The van der Waals surface area contributed by atoms with Gasteiger partial charge in [-0.3, -0.25) is 14.5 Å². The minimum Gasteiger partial charge on any atom is -0.391 e. The Morgan fingerprint density at radius 3 is 2.76 bits per heavy atom. The average molecular weight is 476 g/mol. The number of hydrogen-bond donors (Lipinski definition) is 2. The lowest BCUT2D eigenvalue weighted by Gasteiger charge is -2.28. The molecule has 2 atom stereocenters. The first-order valence-electron chi connectivity index (χ1n) is 11.5. The first-order chi connectivity index (χ1) is 16.5. The fraction of sp³-hybridized carbons (Fsp3) is 0.308. The molecule has 0 spiro atoms. The Labute approximate surface area is 202 Å². The minimum atomic E-state index is -0.504. The molecule has 1 fully saturated rings. The van der Waals surface area contributed by atoms with E-state index in [0.29, 0.717) is 23.7 Å². The zero-order valence-electron chi connectivity index (χ0n) is 18.9. The molecule has 0 saturated heterocycles. The lowest BCUT2D eigenvalue weighted by Crippen LogP contribution is -2.45. The Balaban J connectivity index is 1.42. The van der Waals surface area contributed by atoms with Crippen LogP contribution in [0.4, 0.5) is 0 Å². The van der Waals surface area contributed by atoms with Gasteiger partial charge < -0.3 is 10.4 Å². The summed E-state index contributed by atoms with van der Waals surface area (Å²) in [5, 5.41) is 18.8. The van der Waals surface area contributed by atoms with Crippen molar-refractivity contribution in [2.24, 2.45) is 7.05 Å². The Kier molecular flexibility index (Phi) is 6.30. The summed E-state index contributed by atoms with van der Waals surface area (Å²) in [6.07, 6.45) is 7.26. The van der Waals surface area contributed by atoms with Gasteiger partial charge in [-0.05, 0) is 48.6 Å². The maximum Gasteiger partial charge on any atom is 0.270 e. The van der Waals surface area contributed by atoms with Gasteiger partial charge in [-0.1, -0.05) is 48.7 Å². The van der Waals surface area contributed by atoms with Gasteiger partial charge in [0.25, 0.3) is 5.91 Å². The van der Waals surface area contributed by atoms with E-state index in [9.17, 15) is 9.90 Å². The molecule has 3 heterocycles. The van der Waals surface area contributed by atoms with Gasteiger partial charge in [0.2, 0.25) is 0 Å². The highest BCUT2D eigenvalue weighted by Gasteiger charge is 2.25. The molecule has 4 aromatic rings. The Morgan fingerprint density at radius 1 is 1.21 bits per heavy atom.